The molecule has 1 saturated heterocycles. The molecule has 0 saturated carbocycles. The summed E-state index contributed by atoms with van der Waals surface area (Å²) >= 11 is 0. The fourth-order valence-corrected chi connectivity index (χ4v) is 3.92. The third-order valence-corrected chi connectivity index (χ3v) is 5.51. The zero-order chi connectivity index (χ0) is 19.7. The molecule has 28 heavy (non-hydrogen) atoms. The van der Waals surface area contributed by atoms with Gasteiger partial charge in [-0.15, -0.1) is 0 Å². The van der Waals surface area contributed by atoms with Crippen LogP contribution in [-0.4, -0.2) is 54.2 Å². The molecule has 0 bridgehead atoms. The van der Waals surface area contributed by atoms with Crippen LogP contribution in [0.2, 0.25) is 0 Å². The highest BCUT2D eigenvalue weighted by Crippen LogP contribution is 2.32. The lowest BCUT2D eigenvalue weighted by Crippen LogP contribution is -2.43. The number of β-amino-alcohol motifs (C(OH)–C–C–N with tert-alkyl or cyclic N) is 1. The Balaban J connectivity index is 1.48. The monoisotopic (exact) mass is 375 g/mol. The second kappa shape index (κ2) is 7.60. The first-order chi connectivity index (χ1) is 13.5. The molecule has 1 aliphatic heterocycles. The molecule has 3 aromatic rings. The molecule has 2 heterocycles. The first-order valence-corrected chi connectivity index (χ1v) is 9.62. The van der Waals surface area contributed by atoms with Gasteiger partial charge < -0.3 is 14.9 Å². The molecule has 0 spiro atoms. The van der Waals surface area contributed by atoms with Gasteiger partial charge in [0, 0.05) is 39.3 Å². The number of carbonyl (C=O) groups is 1. The standard InChI is InChI=1S/C23H25N3O2/c1-25(2)23(28)19-9-10-22(24-14-19)26-12-11-20(21(27)15-26)18-8-7-16-5-3-4-6-17(16)13-18/h3-10,13-14,20-21,27H,11-12,15H2,1-2H3/t20-,21+/m0/s1. The first kappa shape index (κ1) is 18.4. The van der Waals surface area contributed by atoms with E-state index in [-0.39, 0.29) is 11.8 Å². The normalized spacial score (nSPS) is 19.6. The average Bonchev–Trinajstić information content (AvgIpc) is 2.73. The van der Waals surface area contributed by atoms with Crippen molar-refractivity contribution in [3.8, 4) is 0 Å². The number of hydrogen-bond acceptors (Lipinski definition) is 4. The van der Waals surface area contributed by atoms with E-state index in [0.29, 0.717) is 12.1 Å². The van der Waals surface area contributed by atoms with E-state index in [2.05, 4.69) is 40.2 Å². The molecule has 5 heteroatoms. The van der Waals surface area contributed by atoms with Gasteiger partial charge in [-0.2, -0.15) is 0 Å². The predicted octanol–water partition coefficient (Wildman–Crippen LogP) is 3.29. The van der Waals surface area contributed by atoms with Gasteiger partial charge in [0.2, 0.25) is 0 Å². The maximum Gasteiger partial charge on any atom is 0.254 e. The van der Waals surface area contributed by atoms with Gasteiger partial charge in [0.1, 0.15) is 5.82 Å². The quantitative estimate of drug-likeness (QED) is 0.763. The number of fused-ring (bicyclic) bond motifs is 1. The number of nitrogens with zero attached hydrogens (tertiary/aromatic N) is 3. The van der Waals surface area contributed by atoms with Crippen molar-refractivity contribution in [1.29, 1.82) is 0 Å². The Labute approximate surface area is 165 Å². The third-order valence-electron chi connectivity index (χ3n) is 5.51. The zero-order valence-electron chi connectivity index (χ0n) is 16.2. The van der Waals surface area contributed by atoms with Crippen LogP contribution < -0.4 is 4.90 Å². The Morgan fingerprint density at radius 1 is 1.11 bits per heavy atom. The number of hydrogen-bond donors (Lipinski definition) is 1. The summed E-state index contributed by atoms with van der Waals surface area (Å²) in [5.41, 5.74) is 1.76. The summed E-state index contributed by atoms with van der Waals surface area (Å²) in [5.74, 6) is 0.857. The summed E-state index contributed by atoms with van der Waals surface area (Å²) in [6.07, 6.45) is 2.01. The maximum absolute atomic E-state index is 12.0. The van der Waals surface area contributed by atoms with E-state index in [0.717, 1.165) is 18.8 Å². The van der Waals surface area contributed by atoms with Crippen LogP contribution in [0.25, 0.3) is 10.8 Å². The third kappa shape index (κ3) is 3.58. The van der Waals surface area contributed by atoms with Crippen molar-refractivity contribution in [3.05, 3.63) is 71.9 Å². The highest BCUT2D eigenvalue weighted by Gasteiger charge is 2.29. The number of anilines is 1. The molecule has 1 N–H and O–H groups in total. The number of piperidine rings is 1. The van der Waals surface area contributed by atoms with E-state index in [1.807, 2.05) is 18.2 Å². The summed E-state index contributed by atoms with van der Waals surface area (Å²) in [6, 6.07) is 18.4. The molecule has 5 nitrogen and oxygen atoms in total. The Hall–Kier alpha value is -2.92. The Bertz CT molecular complexity index is 985. The van der Waals surface area contributed by atoms with Gasteiger partial charge in [-0.05, 0) is 34.9 Å². The second-order valence-corrected chi connectivity index (χ2v) is 7.62. The molecule has 1 amide bonds. The number of pyridine rings is 1. The minimum absolute atomic E-state index is 0.0610. The molecule has 1 fully saturated rings. The topological polar surface area (TPSA) is 56.7 Å². The lowest BCUT2D eigenvalue weighted by atomic mass is 9.86. The van der Waals surface area contributed by atoms with Crippen molar-refractivity contribution >= 4 is 22.5 Å². The van der Waals surface area contributed by atoms with E-state index < -0.39 is 6.10 Å². The highest BCUT2D eigenvalue weighted by molar-refractivity contribution is 5.93. The summed E-state index contributed by atoms with van der Waals surface area (Å²) in [7, 11) is 3.45. The van der Waals surface area contributed by atoms with Crippen molar-refractivity contribution in [2.45, 2.75) is 18.4 Å². The number of carbonyl (C=O) groups excluding carboxylic acids is 1. The van der Waals surface area contributed by atoms with E-state index in [4.69, 9.17) is 0 Å². The summed E-state index contributed by atoms with van der Waals surface area (Å²) in [6.45, 7) is 1.36. The van der Waals surface area contributed by atoms with Crippen molar-refractivity contribution in [3.63, 3.8) is 0 Å². The lowest BCUT2D eigenvalue weighted by Gasteiger charge is -2.37. The van der Waals surface area contributed by atoms with Gasteiger partial charge in [0.25, 0.3) is 5.91 Å². The molecule has 2 atom stereocenters. The molecule has 0 radical (unpaired) electrons. The summed E-state index contributed by atoms with van der Waals surface area (Å²) in [4.78, 5) is 20.1. The second-order valence-electron chi connectivity index (χ2n) is 7.62. The van der Waals surface area contributed by atoms with Crippen LogP contribution in [0.3, 0.4) is 0 Å². The number of rotatable bonds is 3. The molecule has 0 aliphatic carbocycles. The lowest BCUT2D eigenvalue weighted by molar-refractivity contribution is 0.0827. The fraction of sp³-hybridized carbons (Fsp3) is 0.304. The number of aliphatic hydroxyl groups excluding tert-OH is 1. The summed E-state index contributed by atoms with van der Waals surface area (Å²) in [5, 5.41) is 13.2. The number of benzene rings is 2. The van der Waals surface area contributed by atoms with Crippen LogP contribution in [0, 0.1) is 0 Å². The van der Waals surface area contributed by atoms with Gasteiger partial charge in [-0.25, -0.2) is 4.98 Å². The minimum atomic E-state index is -0.459. The van der Waals surface area contributed by atoms with Crippen LogP contribution in [0.15, 0.2) is 60.8 Å². The molecule has 1 aliphatic rings. The highest BCUT2D eigenvalue weighted by atomic mass is 16.3. The van der Waals surface area contributed by atoms with Gasteiger partial charge >= 0.3 is 0 Å². The SMILES string of the molecule is CN(C)C(=O)c1ccc(N2CC[C@@H](c3ccc4ccccc4c3)[C@H](O)C2)nc1. The van der Waals surface area contributed by atoms with Crippen molar-refractivity contribution in [1.82, 2.24) is 9.88 Å². The van der Waals surface area contributed by atoms with E-state index in [9.17, 15) is 9.90 Å². The Morgan fingerprint density at radius 3 is 2.57 bits per heavy atom. The molecule has 2 aromatic carbocycles. The van der Waals surface area contributed by atoms with Gasteiger partial charge in [0.15, 0.2) is 0 Å². The number of aliphatic hydroxyl groups is 1. The van der Waals surface area contributed by atoms with Crippen LogP contribution >= 0.6 is 0 Å². The zero-order valence-corrected chi connectivity index (χ0v) is 16.2. The number of amides is 1. The Morgan fingerprint density at radius 2 is 1.89 bits per heavy atom. The van der Waals surface area contributed by atoms with Gasteiger partial charge in [0.05, 0.1) is 11.7 Å². The molecule has 1 aromatic heterocycles. The van der Waals surface area contributed by atoms with Crippen LogP contribution in [0.1, 0.15) is 28.3 Å². The molecular weight excluding hydrogens is 350 g/mol. The maximum atomic E-state index is 12.0. The van der Waals surface area contributed by atoms with Crippen LogP contribution in [-0.2, 0) is 0 Å². The number of aromatic nitrogens is 1. The van der Waals surface area contributed by atoms with Crippen LogP contribution in [0.5, 0.6) is 0 Å². The molecule has 4 rings (SSSR count). The van der Waals surface area contributed by atoms with E-state index in [1.165, 1.54) is 21.2 Å². The van der Waals surface area contributed by atoms with E-state index in [1.54, 1.807) is 26.4 Å². The van der Waals surface area contributed by atoms with E-state index >= 15 is 0 Å². The molecule has 144 valence electrons. The largest absolute Gasteiger partial charge is 0.391 e. The smallest absolute Gasteiger partial charge is 0.254 e. The minimum Gasteiger partial charge on any atom is -0.391 e. The average molecular weight is 375 g/mol. The van der Waals surface area contributed by atoms with Gasteiger partial charge in [-0.1, -0.05) is 42.5 Å². The molecule has 0 unspecified atom stereocenters. The van der Waals surface area contributed by atoms with Crippen molar-refractivity contribution in [2.75, 3.05) is 32.1 Å². The first-order valence-electron chi connectivity index (χ1n) is 9.62. The van der Waals surface area contributed by atoms with Gasteiger partial charge in [-0.3, -0.25) is 4.79 Å². The predicted molar refractivity (Wildman–Crippen MR) is 112 cm³/mol. The fourth-order valence-electron chi connectivity index (χ4n) is 3.92. The van der Waals surface area contributed by atoms with Crippen LogP contribution in [0.4, 0.5) is 5.82 Å². The molecular formula is C23H25N3O2. The van der Waals surface area contributed by atoms with Crippen molar-refractivity contribution in [2.24, 2.45) is 0 Å². The van der Waals surface area contributed by atoms with Crippen molar-refractivity contribution < 1.29 is 9.90 Å². The summed E-state index contributed by atoms with van der Waals surface area (Å²) < 4.78 is 0. The Kier molecular flexibility index (Phi) is 5.01.